The smallest absolute Gasteiger partial charge is 0.155 e. The predicted octanol–water partition coefficient (Wildman–Crippen LogP) is 38.2. The number of halogens is 4. The number of hydrogen-bond donors (Lipinski definition) is 0. The first-order valence-electron chi connectivity index (χ1n) is 47.5. The van der Waals surface area contributed by atoms with Crippen molar-refractivity contribution < 1.29 is 17.6 Å². The van der Waals surface area contributed by atoms with E-state index in [1.807, 2.05) is 341 Å². The van der Waals surface area contributed by atoms with E-state index >= 15 is 17.6 Å². The molecule has 0 saturated carbocycles. The molecule has 0 radical (unpaired) electrons. The van der Waals surface area contributed by atoms with Crippen LogP contribution in [0.1, 0.15) is 22.3 Å². The van der Waals surface area contributed by atoms with Crippen LogP contribution in [0.3, 0.4) is 0 Å². The summed E-state index contributed by atoms with van der Waals surface area (Å²) in [6.45, 7) is 8.23. The molecule has 0 amide bonds. The van der Waals surface area contributed by atoms with Crippen molar-refractivity contribution in [2.45, 2.75) is 27.7 Å². The third-order valence-corrected chi connectivity index (χ3v) is 27.7. The van der Waals surface area contributed by atoms with Gasteiger partial charge in [0.25, 0.3) is 0 Å². The maximum absolute atomic E-state index is 18.4. The van der Waals surface area contributed by atoms with E-state index in [0.29, 0.717) is 45.0 Å². The molecule has 24 aromatic carbocycles. The molecule has 0 aliphatic carbocycles. The zero-order valence-electron chi connectivity index (χ0n) is 77.5. The molecule has 24 rings (SSSR count). The molecular weight excluding hydrogens is 1720 g/mol. The summed E-state index contributed by atoms with van der Waals surface area (Å²) in [5.41, 5.74) is 24.8. The average Bonchev–Trinajstić information content (AvgIpc) is 0.714. The molecule has 0 fully saturated rings. The second-order valence-corrected chi connectivity index (χ2v) is 35.9. The number of para-hydroxylation sites is 4. The summed E-state index contributed by atoms with van der Waals surface area (Å²) in [5.74, 6) is -1.25. The van der Waals surface area contributed by atoms with Crippen LogP contribution in [0.2, 0.25) is 0 Å². The Hall–Kier alpha value is -17.7. The topological polar surface area (TPSA) is 13.0 Å². The highest BCUT2D eigenvalue weighted by Gasteiger charge is 2.34. The minimum atomic E-state index is -0.318. The van der Waals surface area contributed by atoms with E-state index in [1.165, 1.54) is 0 Å². The van der Waals surface area contributed by atoms with Crippen molar-refractivity contribution in [1.82, 2.24) is 0 Å². The molecule has 0 heterocycles. The zero-order valence-corrected chi connectivity index (χ0v) is 77.5. The van der Waals surface area contributed by atoms with Crippen molar-refractivity contribution in [3.63, 3.8) is 0 Å². The van der Waals surface area contributed by atoms with E-state index in [4.69, 9.17) is 0 Å². The summed E-state index contributed by atoms with van der Waals surface area (Å²) in [4.78, 5) is 8.40. The maximum Gasteiger partial charge on any atom is 0.155 e. The lowest BCUT2D eigenvalue weighted by molar-refractivity contribution is 0.632. The van der Waals surface area contributed by atoms with Gasteiger partial charge in [-0.05, 0) is 210 Å². The predicted molar refractivity (Wildman–Crippen MR) is 581 cm³/mol. The summed E-state index contributed by atoms with van der Waals surface area (Å²) >= 11 is 0. The van der Waals surface area contributed by atoms with Gasteiger partial charge in [-0.15, -0.1) is 0 Å². The van der Waals surface area contributed by atoms with E-state index in [2.05, 4.69) is 191 Å². The molecule has 140 heavy (non-hydrogen) atoms. The van der Waals surface area contributed by atoms with Crippen LogP contribution in [0, 0.1) is 51.0 Å². The minimum absolute atomic E-state index is 0.306. The van der Waals surface area contributed by atoms with Crippen molar-refractivity contribution in [2.75, 3.05) is 19.6 Å². The lowest BCUT2D eigenvalue weighted by Gasteiger charge is -2.32. The number of anilines is 12. The number of nitrogens with zero attached hydrogens (tertiary/aromatic N) is 4. The first kappa shape index (κ1) is 86.4. The average molecular weight is 1810 g/mol. The summed E-state index contributed by atoms with van der Waals surface area (Å²) in [5, 5.41) is 12.2. The third-order valence-electron chi connectivity index (χ3n) is 27.7. The van der Waals surface area contributed by atoms with E-state index in [1.54, 1.807) is 0 Å². The molecular formula is C132H92F4N4. The molecule has 0 aliphatic heterocycles. The molecule has 8 heteroatoms. The number of hydrogen-bond acceptors (Lipinski definition) is 4. The van der Waals surface area contributed by atoms with Crippen LogP contribution in [-0.2, 0) is 0 Å². The number of benzene rings is 24. The summed E-state index contributed by atoms with van der Waals surface area (Å²) < 4.78 is 72.9. The first-order chi connectivity index (χ1) is 68.9. The van der Waals surface area contributed by atoms with Crippen LogP contribution in [0.25, 0.3) is 154 Å². The fourth-order valence-corrected chi connectivity index (χ4v) is 21.0. The largest absolute Gasteiger partial charge is 0.307 e. The van der Waals surface area contributed by atoms with Gasteiger partial charge in [-0.1, -0.05) is 413 Å². The molecule has 4 nitrogen and oxygen atoms in total. The van der Waals surface area contributed by atoms with Crippen molar-refractivity contribution in [2.24, 2.45) is 0 Å². The molecule has 0 aliphatic rings. The van der Waals surface area contributed by atoms with Gasteiger partial charge >= 0.3 is 0 Å². The van der Waals surface area contributed by atoms with Gasteiger partial charge in [0.15, 0.2) is 23.3 Å². The monoisotopic (exact) mass is 1810 g/mol. The number of aryl methyl sites for hydroxylation is 4. The van der Waals surface area contributed by atoms with Crippen molar-refractivity contribution in [1.29, 1.82) is 0 Å². The summed E-state index contributed by atoms with van der Waals surface area (Å²) in [6.07, 6.45) is 0. The van der Waals surface area contributed by atoms with Crippen molar-refractivity contribution >= 4 is 133 Å². The zero-order chi connectivity index (χ0) is 94.6. The van der Waals surface area contributed by atoms with Gasteiger partial charge in [-0.25, -0.2) is 17.6 Å². The molecule has 668 valence electrons. The minimum Gasteiger partial charge on any atom is -0.307 e. The lowest BCUT2D eigenvalue weighted by Crippen LogP contribution is -2.15. The van der Waals surface area contributed by atoms with E-state index in [9.17, 15) is 0 Å². The first-order valence-corrected chi connectivity index (χ1v) is 47.5. The Kier molecular flexibility index (Phi) is 22.7. The van der Waals surface area contributed by atoms with Crippen molar-refractivity contribution in [3.05, 3.63) is 531 Å². The van der Waals surface area contributed by atoms with Crippen LogP contribution in [0.15, 0.2) is 485 Å². The fraction of sp³-hybridized carbons (Fsp3) is 0.0303. The van der Waals surface area contributed by atoms with Gasteiger partial charge in [0.1, 0.15) is 0 Å². The fourth-order valence-electron chi connectivity index (χ4n) is 21.0. The molecule has 0 bridgehead atoms. The second-order valence-electron chi connectivity index (χ2n) is 35.9. The molecule has 0 spiro atoms. The molecule has 0 atom stereocenters. The Morgan fingerprint density at radius 1 is 0.143 bits per heavy atom. The Morgan fingerprint density at radius 2 is 0.321 bits per heavy atom. The van der Waals surface area contributed by atoms with Crippen LogP contribution in [-0.4, -0.2) is 0 Å². The molecule has 0 saturated heterocycles. The van der Waals surface area contributed by atoms with Gasteiger partial charge < -0.3 is 19.6 Å². The van der Waals surface area contributed by atoms with Crippen molar-refractivity contribution in [3.8, 4) is 89.0 Å². The molecule has 24 aromatic rings. The van der Waals surface area contributed by atoms with Gasteiger partial charge in [-0.2, -0.15) is 0 Å². The Labute approximate surface area is 812 Å². The lowest BCUT2D eigenvalue weighted by atomic mass is 9.90. The van der Waals surface area contributed by atoms with Gasteiger partial charge in [0.2, 0.25) is 0 Å². The van der Waals surface area contributed by atoms with E-state index in [0.717, 1.165) is 199 Å². The van der Waals surface area contributed by atoms with E-state index < -0.39 is 0 Å². The summed E-state index contributed by atoms with van der Waals surface area (Å²) in [7, 11) is 0. The highest BCUT2D eigenvalue weighted by Crippen LogP contribution is 2.57. The Bertz CT molecular complexity index is 8260. The Morgan fingerprint density at radius 3 is 0.571 bits per heavy atom. The maximum atomic E-state index is 18.4. The van der Waals surface area contributed by atoms with Crippen LogP contribution in [0.5, 0.6) is 0 Å². The second kappa shape index (κ2) is 36.8. The van der Waals surface area contributed by atoms with E-state index in [-0.39, 0.29) is 23.3 Å². The molecule has 0 unspecified atom stereocenters. The van der Waals surface area contributed by atoms with Crippen LogP contribution < -0.4 is 19.6 Å². The third kappa shape index (κ3) is 15.3. The highest BCUT2D eigenvalue weighted by atomic mass is 19.1. The van der Waals surface area contributed by atoms with Gasteiger partial charge in [-0.3, -0.25) is 0 Å². The van der Waals surface area contributed by atoms with Crippen LogP contribution in [0.4, 0.5) is 85.8 Å². The van der Waals surface area contributed by atoms with Crippen LogP contribution >= 0.6 is 0 Å². The highest BCUT2D eigenvalue weighted by molar-refractivity contribution is 6.30. The quantitative estimate of drug-likeness (QED) is 0.0557. The summed E-state index contributed by atoms with van der Waals surface area (Å²) in [6, 6.07) is 163. The molecule has 0 aromatic heterocycles. The number of rotatable bonds is 20. The Balaban J connectivity index is 0.000000156. The molecule has 0 N–H and O–H groups in total. The van der Waals surface area contributed by atoms with Gasteiger partial charge in [0, 0.05) is 88.8 Å². The standard InChI is InChI=1S/C68H50F2N2.C64H42F2N2/c1-43-19-11-15-27-51(43)55-37-39-57(53-29-17-13-21-45(53)3)67(65(55)69)71(49-23-7-5-8-24-49)61-41-33-47-32-36-60-62(42-34-48-31-35-59(61)63(47)64(48)60)72(50-25-9-6-10-26-50)68-58(54-30-18-14-22-46(54)4)40-38-56(66(68)70)52-28-16-12-20-44(52)2;65-61-51(43-19-7-1-8-20-43)37-39-53(45-23-11-3-12-24-45)63(61)67(49-27-15-5-16-28-49)57-41-33-47-32-36-56-58(42-34-48-31-35-55(57)59(47)60(48)56)68(50-29-17-6-18-30-50)64-54(46-25-13-4-14-26-46)40-38-52(62(64)66)44-21-9-2-10-22-44/h5-42H,1-4H3;1-42H. The normalized spacial score (nSPS) is 11.4. The SMILES string of the molecule is Cc1ccccc1-c1ccc(-c2ccccc2C)c(N(c2ccccc2)c2ccc3ccc4c(N(c5ccccc5)c5c(-c6ccccc6C)ccc(-c6ccccc6C)c5F)ccc5ccc2c3c54)c1F.Fc1c(-c2ccccc2)ccc(-c2ccccc2)c1N(c1ccccc1)c1ccc2ccc3c(N(c4ccccc4)c4c(-c5ccccc5)ccc(-c5ccccc5)c4F)ccc4ccc1c2c43. The van der Waals surface area contributed by atoms with Gasteiger partial charge in [0.05, 0.1) is 45.5 Å².